The van der Waals surface area contributed by atoms with Gasteiger partial charge in [-0.2, -0.15) is 0 Å². The van der Waals surface area contributed by atoms with Crippen LogP contribution in [0.2, 0.25) is 0 Å². The molecule has 1 aromatic rings. The second kappa shape index (κ2) is 12.2. The SMILES string of the molecule is CCC(c1ccccc1)N1CCN(C(=NC)NCCN2CCS(=O)(=O)CC2)CC1.I. The van der Waals surface area contributed by atoms with E-state index in [1.807, 2.05) is 7.05 Å². The normalized spacial score (nSPS) is 21.7. The largest absolute Gasteiger partial charge is 0.355 e. The van der Waals surface area contributed by atoms with Crippen molar-refractivity contribution >= 4 is 39.8 Å². The number of nitrogens with one attached hydrogen (secondary N) is 1. The smallest absolute Gasteiger partial charge is 0.193 e. The predicted octanol–water partition coefficient (Wildman–Crippen LogP) is 1.68. The summed E-state index contributed by atoms with van der Waals surface area (Å²) in [5.74, 6) is 1.51. The zero-order valence-electron chi connectivity index (χ0n) is 18.2. The Bertz CT molecular complexity index is 753. The lowest BCUT2D eigenvalue weighted by molar-refractivity contribution is 0.127. The van der Waals surface area contributed by atoms with Crippen LogP contribution in [0.3, 0.4) is 0 Å². The van der Waals surface area contributed by atoms with E-state index in [2.05, 4.69) is 62.3 Å². The van der Waals surface area contributed by atoms with E-state index in [4.69, 9.17) is 0 Å². The van der Waals surface area contributed by atoms with E-state index in [0.29, 0.717) is 19.1 Å². The maximum atomic E-state index is 11.5. The number of piperazine rings is 1. The highest BCUT2D eigenvalue weighted by Crippen LogP contribution is 2.25. The molecular formula is C21H36IN5O2S. The van der Waals surface area contributed by atoms with E-state index in [1.165, 1.54) is 5.56 Å². The van der Waals surface area contributed by atoms with Gasteiger partial charge in [-0.25, -0.2) is 8.42 Å². The number of nitrogens with zero attached hydrogens (tertiary/aromatic N) is 4. The fraction of sp³-hybridized carbons (Fsp3) is 0.667. The van der Waals surface area contributed by atoms with Crippen LogP contribution in [0.25, 0.3) is 0 Å². The number of aliphatic imine (C=N–C) groups is 1. The monoisotopic (exact) mass is 549 g/mol. The number of halogens is 1. The summed E-state index contributed by atoms with van der Waals surface area (Å²) < 4.78 is 23.1. The molecule has 9 heteroatoms. The van der Waals surface area contributed by atoms with Crippen LogP contribution >= 0.6 is 24.0 Å². The molecule has 0 spiro atoms. The summed E-state index contributed by atoms with van der Waals surface area (Å²) in [5, 5.41) is 3.46. The molecule has 2 saturated heterocycles. The van der Waals surface area contributed by atoms with Crippen molar-refractivity contribution in [2.45, 2.75) is 19.4 Å². The first-order valence-electron chi connectivity index (χ1n) is 10.7. The lowest BCUT2D eigenvalue weighted by Crippen LogP contribution is -2.54. The molecule has 3 rings (SSSR count). The molecule has 1 atom stereocenters. The summed E-state index contributed by atoms with van der Waals surface area (Å²) in [6.45, 7) is 9.15. The van der Waals surface area contributed by atoms with Gasteiger partial charge in [0, 0.05) is 65.4 Å². The van der Waals surface area contributed by atoms with Gasteiger partial charge in [0.25, 0.3) is 0 Å². The van der Waals surface area contributed by atoms with Crippen molar-refractivity contribution in [2.75, 3.05) is 70.9 Å². The molecule has 2 heterocycles. The first-order chi connectivity index (χ1) is 14.0. The van der Waals surface area contributed by atoms with Crippen molar-refractivity contribution in [3.05, 3.63) is 35.9 Å². The van der Waals surface area contributed by atoms with E-state index in [9.17, 15) is 8.42 Å². The molecular weight excluding hydrogens is 513 g/mol. The maximum Gasteiger partial charge on any atom is 0.193 e. The van der Waals surface area contributed by atoms with Gasteiger partial charge in [0.2, 0.25) is 0 Å². The molecule has 7 nitrogen and oxygen atoms in total. The molecule has 2 aliphatic rings. The van der Waals surface area contributed by atoms with Crippen LogP contribution in [0.4, 0.5) is 0 Å². The van der Waals surface area contributed by atoms with Gasteiger partial charge in [-0.15, -0.1) is 24.0 Å². The van der Waals surface area contributed by atoms with E-state index < -0.39 is 9.84 Å². The summed E-state index contributed by atoms with van der Waals surface area (Å²) in [6, 6.07) is 11.3. The lowest BCUT2D eigenvalue weighted by Gasteiger charge is -2.40. The van der Waals surface area contributed by atoms with E-state index >= 15 is 0 Å². The third-order valence-electron chi connectivity index (χ3n) is 5.99. The topological polar surface area (TPSA) is 68.2 Å². The summed E-state index contributed by atoms with van der Waals surface area (Å²) in [7, 11) is -0.978. The summed E-state index contributed by atoms with van der Waals surface area (Å²) in [6.07, 6.45) is 1.11. The third kappa shape index (κ3) is 7.06. The number of benzene rings is 1. The number of sulfone groups is 1. The van der Waals surface area contributed by atoms with Crippen molar-refractivity contribution in [3.63, 3.8) is 0 Å². The van der Waals surface area contributed by atoms with Crippen molar-refractivity contribution in [1.29, 1.82) is 0 Å². The highest BCUT2D eigenvalue weighted by Gasteiger charge is 2.25. The van der Waals surface area contributed by atoms with Crippen LogP contribution in [-0.4, -0.2) is 100.0 Å². The second-order valence-corrected chi connectivity index (χ2v) is 10.1. The van der Waals surface area contributed by atoms with Crippen LogP contribution in [0.5, 0.6) is 0 Å². The van der Waals surface area contributed by atoms with Gasteiger partial charge in [0.1, 0.15) is 0 Å². The van der Waals surface area contributed by atoms with Crippen LogP contribution < -0.4 is 5.32 Å². The number of guanidine groups is 1. The fourth-order valence-electron chi connectivity index (χ4n) is 4.26. The quantitative estimate of drug-likeness (QED) is 0.331. The molecule has 170 valence electrons. The van der Waals surface area contributed by atoms with Gasteiger partial charge >= 0.3 is 0 Å². The Balaban J connectivity index is 0.00000320. The van der Waals surface area contributed by atoms with Crippen LogP contribution in [0.15, 0.2) is 35.3 Å². The van der Waals surface area contributed by atoms with Crippen molar-refractivity contribution < 1.29 is 8.42 Å². The number of hydrogen-bond donors (Lipinski definition) is 1. The number of hydrogen-bond acceptors (Lipinski definition) is 5. The van der Waals surface area contributed by atoms with Gasteiger partial charge in [-0.1, -0.05) is 37.3 Å². The number of rotatable bonds is 6. The highest BCUT2D eigenvalue weighted by molar-refractivity contribution is 14.0. The Labute approximate surface area is 198 Å². The minimum Gasteiger partial charge on any atom is -0.355 e. The van der Waals surface area contributed by atoms with E-state index in [-0.39, 0.29) is 35.5 Å². The van der Waals surface area contributed by atoms with Crippen LogP contribution in [-0.2, 0) is 9.84 Å². The van der Waals surface area contributed by atoms with E-state index in [1.54, 1.807) is 0 Å². The molecule has 2 aliphatic heterocycles. The average Bonchev–Trinajstić information content (AvgIpc) is 2.74. The Morgan fingerprint density at radius 1 is 1.07 bits per heavy atom. The maximum absolute atomic E-state index is 11.5. The van der Waals surface area contributed by atoms with Crippen LogP contribution in [0, 0.1) is 0 Å². The molecule has 30 heavy (non-hydrogen) atoms. The van der Waals surface area contributed by atoms with Gasteiger partial charge in [-0.05, 0) is 12.0 Å². The second-order valence-electron chi connectivity index (χ2n) is 7.83. The zero-order valence-corrected chi connectivity index (χ0v) is 21.3. The molecule has 0 bridgehead atoms. The molecule has 0 radical (unpaired) electrons. The predicted molar refractivity (Wildman–Crippen MR) is 134 cm³/mol. The Morgan fingerprint density at radius 3 is 2.27 bits per heavy atom. The summed E-state index contributed by atoms with van der Waals surface area (Å²) >= 11 is 0. The van der Waals surface area contributed by atoms with Crippen molar-refractivity contribution in [2.24, 2.45) is 4.99 Å². The standard InChI is InChI=1S/C21H35N5O2S.HI/c1-3-20(19-7-5-4-6-8-19)25-11-13-26(14-12-25)21(22-2)23-9-10-24-15-17-29(27,28)18-16-24;/h4-8,20H,3,9-18H2,1-2H3,(H,22,23);1H. The first-order valence-corrected chi connectivity index (χ1v) is 12.5. The van der Waals surface area contributed by atoms with Gasteiger partial charge in [0.05, 0.1) is 11.5 Å². The minimum absolute atomic E-state index is 0. The van der Waals surface area contributed by atoms with E-state index in [0.717, 1.165) is 51.6 Å². The Morgan fingerprint density at radius 2 is 1.70 bits per heavy atom. The molecule has 1 unspecified atom stereocenters. The summed E-state index contributed by atoms with van der Waals surface area (Å²) in [5.41, 5.74) is 1.40. The van der Waals surface area contributed by atoms with Crippen molar-refractivity contribution in [1.82, 2.24) is 20.0 Å². The lowest BCUT2D eigenvalue weighted by atomic mass is 10.0. The average molecular weight is 550 g/mol. The molecule has 1 aromatic carbocycles. The third-order valence-corrected chi connectivity index (χ3v) is 7.59. The molecule has 2 fully saturated rings. The Hall–Kier alpha value is -0.910. The molecule has 0 amide bonds. The molecule has 1 N–H and O–H groups in total. The van der Waals surface area contributed by atoms with Gasteiger partial charge in [0.15, 0.2) is 15.8 Å². The summed E-state index contributed by atoms with van der Waals surface area (Å²) in [4.78, 5) is 11.6. The molecule has 0 aliphatic carbocycles. The Kier molecular flexibility index (Phi) is 10.3. The minimum atomic E-state index is -2.81. The fourth-order valence-corrected chi connectivity index (χ4v) is 5.53. The molecule has 0 saturated carbocycles. The highest BCUT2D eigenvalue weighted by atomic mass is 127. The zero-order chi connectivity index (χ0) is 20.7. The van der Waals surface area contributed by atoms with Crippen molar-refractivity contribution in [3.8, 4) is 0 Å². The first kappa shape index (κ1) is 25.4. The molecule has 0 aromatic heterocycles. The van der Waals surface area contributed by atoms with Gasteiger partial charge < -0.3 is 10.2 Å². The van der Waals surface area contributed by atoms with Crippen LogP contribution in [0.1, 0.15) is 24.9 Å². The van der Waals surface area contributed by atoms with Gasteiger partial charge in [-0.3, -0.25) is 14.8 Å².